The average molecular weight is 342 g/mol. The van der Waals surface area contributed by atoms with Crippen LogP contribution in [0.2, 0.25) is 0 Å². The van der Waals surface area contributed by atoms with Gasteiger partial charge >= 0.3 is 0 Å². The molecule has 0 unspecified atom stereocenters. The molecule has 1 aromatic carbocycles. The van der Waals surface area contributed by atoms with Gasteiger partial charge in [0.1, 0.15) is 10.8 Å². The number of aromatic hydroxyl groups is 1. The predicted molar refractivity (Wildman–Crippen MR) is 93.3 cm³/mol. The van der Waals surface area contributed by atoms with Crippen LogP contribution in [0.25, 0.3) is 0 Å². The summed E-state index contributed by atoms with van der Waals surface area (Å²) in [5, 5.41) is 20.2. The van der Waals surface area contributed by atoms with Gasteiger partial charge in [-0.15, -0.1) is 11.8 Å². The van der Waals surface area contributed by atoms with Crippen molar-refractivity contribution in [1.82, 2.24) is 0 Å². The number of hydrogen-bond donors (Lipinski definition) is 1. The normalized spacial score (nSPS) is 23.4. The molecule has 6 heteroatoms. The number of benzene rings is 1. The Morgan fingerprint density at radius 3 is 2.83 bits per heavy atom. The summed E-state index contributed by atoms with van der Waals surface area (Å²) in [6.07, 6.45) is 3.99. The van der Waals surface area contributed by atoms with Gasteiger partial charge in [0.2, 0.25) is 0 Å². The van der Waals surface area contributed by atoms with Gasteiger partial charge in [-0.2, -0.15) is 5.26 Å². The second-order valence-electron chi connectivity index (χ2n) is 5.84. The fourth-order valence-corrected chi connectivity index (χ4v) is 4.06. The van der Waals surface area contributed by atoms with Gasteiger partial charge in [0.15, 0.2) is 11.5 Å². The van der Waals surface area contributed by atoms with E-state index in [1.54, 1.807) is 18.2 Å². The van der Waals surface area contributed by atoms with Gasteiger partial charge in [0.25, 0.3) is 0 Å². The number of thioether (sulfide) groups is 1. The van der Waals surface area contributed by atoms with E-state index in [9.17, 15) is 15.2 Å². The maximum absolute atomic E-state index is 12.6. The van der Waals surface area contributed by atoms with Crippen molar-refractivity contribution in [3.05, 3.63) is 34.4 Å². The summed E-state index contributed by atoms with van der Waals surface area (Å²) >= 11 is 1.42. The number of fused-ring (bicyclic) bond motifs is 1. The highest BCUT2D eigenvalue weighted by Gasteiger charge is 2.42. The first-order valence-corrected chi connectivity index (χ1v) is 8.98. The second-order valence-corrected chi connectivity index (χ2v) is 6.64. The van der Waals surface area contributed by atoms with Crippen LogP contribution in [-0.4, -0.2) is 30.0 Å². The standard InChI is InChI=1S/C18H18N2O3S/c1-23-15-8-10(6-7-13(15)21)16-11(9-19)18(24-2)20-12-4-3-5-14(22)17(12)16/h6-8,16-17,21H,3-5H2,1-2H3/t16-,17+/m0/s1. The van der Waals surface area contributed by atoms with Crippen molar-refractivity contribution < 1.29 is 14.6 Å². The summed E-state index contributed by atoms with van der Waals surface area (Å²) < 4.78 is 5.19. The third kappa shape index (κ3) is 2.69. The van der Waals surface area contributed by atoms with Crippen LogP contribution in [0, 0.1) is 17.2 Å². The van der Waals surface area contributed by atoms with Gasteiger partial charge < -0.3 is 9.84 Å². The Balaban J connectivity index is 2.18. The van der Waals surface area contributed by atoms with Crippen LogP contribution >= 0.6 is 11.8 Å². The number of Topliss-reactive ketones (excluding diaryl/α,β-unsaturated/α-hetero) is 1. The highest BCUT2D eigenvalue weighted by Crippen LogP contribution is 2.45. The van der Waals surface area contributed by atoms with Crippen LogP contribution in [-0.2, 0) is 4.79 Å². The van der Waals surface area contributed by atoms with Gasteiger partial charge in [-0.3, -0.25) is 4.79 Å². The molecule has 0 amide bonds. The number of carbonyl (C=O) groups is 1. The van der Waals surface area contributed by atoms with E-state index in [2.05, 4.69) is 11.1 Å². The maximum Gasteiger partial charge on any atom is 0.160 e. The number of nitrogens with zero attached hydrogens (tertiary/aromatic N) is 2. The minimum atomic E-state index is -0.390. The molecule has 0 radical (unpaired) electrons. The summed E-state index contributed by atoms with van der Waals surface area (Å²) in [7, 11) is 1.48. The molecule has 1 heterocycles. The number of ether oxygens (including phenoxy) is 1. The zero-order valence-corrected chi connectivity index (χ0v) is 14.4. The Labute approximate surface area is 145 Å². The van der Waals surface area contributed by atoms with Gasteiger partial charge in [0.05, 0.1) is 24.7 Å². The molecular weight excluding hydrogens is 324 g/mol. The molecule has 1 aromatic rings. The fourth-order valence-electron chi connectivity index (χ4n) is 3.45. The van der Waals surface area contributed by atoms with Crippen LogP contribution in [0.1, 0.15) is 30.7 Å². The van der Waals surface area contributed by atoms with Crippen LogP contribution in [0.3, 0.4) is 0 Å². The molecular formula is C18H18N2O3S. The fraction of sp³-hybridized carbons (Fsp3) is 0.389. The van der Waals surface area contributed by atoms with Crippen molar-refractivity contribution in [2.75, 3.05) is 13.4 Å². The lowest BCUT2D eigenvalue weighted by atomic mass is 9.70. The number of methoxy groups -OCH3 is 1. The van der Waals surface area contributed by atoms with Gasteiger partial charge in [-0.1, -0.05) is 6.07 Å². The first-order valence-electron chi connectivity index (χ1n) is 7.76. The van der Waals surface area contributed by atoms with Crippen molar-refractivity contribution in [2.45, 2.75) is 25.2 Å². The largest absolute Gasteiger partial charge is 0.504 e. The van der Waals surface area contributed by atoms with E-state index in [0.29, 0.717) is 22.8 Å². The monoisotopic (exact) mass is 342 g/mol. The molecule has 1 N–H and O–H groups in total. The summed E-state index contributed by atoms with van der Waals surface area (Å²) in [5.41, 5.74) is 2.17. The van der Waals surface area contributed by atoms with Crippen LogP contribution in [0.4, 0.5) is 0 Å². The quantitative estimate of drug-likeness (QED) is 0.910. The van der Waals surface area contributed by atoms with Crippen molar-refractivity contribution in [2.24, 2.45) is 10.9 Å². The lowest BCUT2D eigenvalue weighted by Crippen LogP contribution is -2.37. The van der Waals surface area contributed by atoms with Crippen molar-refractivity contribution >= 4 is 23.3 Å². The molecule has 2 aliphatic rings. The van der Waals surface area contributed by atoms with E-state index in [1.165, 1.54) is 18.9 Å². The summed E-state index contributed by atoms with van der Waals surface area (Å²) in [5.74, 6) is -0.257. The summed E-state index contributed by atoms with van der Waals surface area (Å²) in [6.45, 7) is 0. The number of phenolic OH excluding ortho intramolecular Hbond substituents is 1. The Hall–Kier alpha value is -2.26. The number of ketones is 1. The molecule has 3 rings (SSSR count). The van der Waals surface area contributed by atoms with Gasteiger partial charge in [0, 0.05) is 18.1 Å². The molecule has 0 aromatic heterocycles. The van der Waals surface area contributed by atoms with Crippen LogP contribution in [0.5, 0.6) is 11.5 Å². The molecule has 0 spiro atoms. The minimum Gasteiger partial charge on any atom is -0.504 e. The summed E-state index contributed by atoms with van der Waals surface area (Å²) in [4.78, 5) is 17.2. The van der Waals surface area contributed by atoms with Crippen molar-refractivity contribution in [3.63, 3.8) is 0 Å². The molecule has 1 aliphatic carbocycles. The highest BCUT2D eigenvalue weighted by atomic mass is 32.2. The molecule has 1 saturated carbocycles. The molecule has 1 aliphatic heterocycles. The highest BCUT2D eigenvalue weighted by molar-refractivity contribution is 8.02. The topological polar surface area (TPSA) is 82.7 Å². The molecule has 0 saturated heterocycles. The maximum atomic E-state index is 12.6. The first kappa shape index (κ1) is 16.6. The van der Waals surface area contributed by atoms with E-state index in [4.69, 9.17) is 4.74 Å². The van der Waals surface area contributed by atoms with Crippen LogP contribution < -0.4 is 4.74 Å². The Morgan fingerprint density at radius 2 is 2.17 bits per heavy atom. The third-order valence-electron chi connectivity index (χ3n) is 4.56. The zero-order chi connectivity index (χ0) is 17.3. The van der Waals surface area contributed by atoms with Crippen LogP contribution in [0.15, 0.2) is 33.8 Å². The zero-order valence-electron chi connectivity index (χ0n) is 13.6. The molecule has 2 atom stereocenters. The SMILES string of the molecule is COc1cc([C@H]2C(C#N)=C(SC)N=C3CCCC(=O)[C@@H]32)ccc1O. The molecule has 24 heavy (non-hydrogen) atoms. The average Bonchev–Trinajstić information content (AvgIpc) is 2.60. The lowest BCUT2D eigenvalue weighted by Gasteiger charge is -2.34. The lowest BCUT2D eigenvalue weighted by molar-refractivity contribution is -0.121. The Morgan fingerprint density at radius 1 is 1.38 bits per heavy atom. The molecule has 1 fully saturated rings. The Kier molecular flexibility index (Phi) is 4.63. The second kappa shape index (κ2) is 6.70. The van der Waals surface area contributed by atoms with E-state index >= 15 is 0 Å². The first-order chi connectivity index (χ1) is 11.6. The van der Waals surface area contributed by atoms with Gasteiger partial charge in [-0.05, 0) is 36.8 Å². The van der Waals surface area contributed by atoms with E-state index in [-0.39, 0.29) is 17.5 Å². The number of nitriles is 1. The number of allylic oxidation sites excluding steroid dienone is 1. The van der Waals surface area contributed by atoms with E-state index in [0.717, 1.165) is 24.1 Å². The van der Waals surface area contributed by atoms with Crippen molar-refractivity contribution in [3.8, 4) is 17.6 Å². The van der Waals surface area contributed by atoms with E-state index in [1.807, 2.05) is 6.26 Å². The van der Waals surface area contributed by atoms with Gasteiger partial charge in [-0.25, -0.2) is 4.99 Å². The minimum absolute atomic E-state index is 0.0356. The predicted octanol–water partition coefficient (Wildman–Crippen LogP) is 3.41. The third-order valence-corrected chi connectivity index (χ3v) is 5.26. The number of phenols is 1. The smallest absolute Gasteiger partial charge is 0.160 e. The van der Waals surface area contributed by atoms with Crippen molar-refractivity contribution in [1.29, 1.82) is 5.26 Å². The number of hydrogen-bond acceptors (Lipinski definition) is 6. The Bertz CT molecular complexity index is 792. The summed E-state index contributed by atoms with van der Waals surface area (Å²) in [6, 6.07) is 7.26. The number of aliphatic imine (C=N–C) groups is 1. The number of rotatable bonds is 3. The van der Waals surface area contributed by atoms with E-state index < -0.39 is 5.92 Å². The molecule has 124 valence electrons. The molecule has 0 bridgehead atoms. The number of carbonyl (C=O) groups excluding carboxylic acids is 1. The molecule has 5 nitrogen and oxygen atoms in total.